The Balaban J connectivity index is 1.85. The normalized spacial score (nSPS) is 17.0. The Morgan fingerprint density at radius 2 is 1.74 bits per heavy atom. The van der Waals surface area contributed by atoms with Gasteiger partial charge in [0.15, 0.2) is 17.7 Å². The summed E-state index contributed by atoms with van der Waals surface area (Å²) >= 11 is 1.30. The van der Waals surface area contributed by atoms with Crippen LogP contribution >= 0.6 is 11.8 Å². The van der Waals surface area contributed by atoms with E-state index in [1.807, 2.05) is 30.3 Å². The first-order chi connectivity index (χ1) is 16.4. The van der Waals surface area contributed by atoms with Crippen LogP contribution in [0.15, 0.2) is 64.4 Å². The fourth-order valence-electron chi connectivity index (χ4n) is 4.56. The number of aryl methyl sites for hydroxylation is 1. The van der Waals surface area contributed by atoms with Gasteiger partial charge in [-0.3, -0.25) is 9.36 Å². The SMILES string of the molecule is CCCCCCCc1cc(=O)n2c(c1-c1ccc(F)c(F)c1)S[C@H](c1ccccc1)[C@H]2C(=O)O. The van der Waals surface area contributed by atoms with Crippen molar-refractivity contribution in [3.63, 3.8) is 0 Å². The topological polar surface area (TPSA) is 59.3 Å². The summed E-state index contributed by atoms with van der Waals surface area (Å²) in [5.74, 6) is -3.03. The van der Waals surface area contributed by atoms with Crippen molar-refractivity contribution in [3.8, 4) is 11.1 Å². The number of carbonyl (C=O) groups is 1. The van der Waals surface area contributed by atoms with Crippen LogP contribution in [-0.2, 0) is 11.2 Å². The maximum atomic E-state index is 14.2. The molecule has 1 aliphatic heterocycles. The Kier molecular flexibility index (Phi) is 7.51. The van der Waals surface area contributed by atoms with Crippen molar-refractivity contribution in [1.29, 1.82) is 0 Å². The van der Waals surface area contributed by atoms with Crippen molar-refractivity contribution in [2.24, 2.45) is 0 Å². The third kappa shape index (κ3) is 4.80. The van der Waals surface area contributed by atoms with E-state index in [-0.39, 0.29) is 5.56 Å². The number of nitrogens with zero attached hydrogens (tertiary/aromatic N) is 1. The van der Waals surface area contributed by atoms with E-state index >= 15 is 0 Å². The molecule has 1 N–H and O–H groups in total. The zero-order valence-electron chi connectivity index (χ0n) is 19.0. The number of benzene rings is 2. The molecule has 34 heavy (non-hydrogen) atoms. The summed E-state index contributed by atoms with van der Waals surface area (Å²) in [4.78, 5) is 25.5. The predicted octanol–water partition coefficient (Wildman–Crippen LogP) is 6.78. The fourth-order valence-corrected chi connectivity index (χ4v) is 6.14. The summed E-state index contributed by atoms with van der Waals surface area (Å²) in [6.07, 6.45) is 5.81. The van der Waals surface area contributed by atoms with Crippen LogP contribution in [0.25, 0.3) is 11.1 Å². The number of aromatic nitrogens is 1. The standard InChI is InChI=1S/C27H27F2NO3S/c1-2-3-4-5-7-12-18-16-22(31)30-24(27(32)33)25(17-10-8-6-9-11-17)34-26(30)23(18)19-13-14-20(28)21(29)15-19/h6,8-11,13-16,24-25H,2-5,7,12H2,1H3,(H,32,33)/t24-,25+/m0/s1. The molecule has 2 heterocycles. The third-order valence-corrected chi connectivity index (χ3v) is 7.64. The van der Waals surface area contributed by atoms with Gasteiger partial charge in [0, 0.05) is 11.6 Å². The van der Waals surface area contributed by atoms with Gasteiger partial charge >= 0.3 is 5.97 Å². The highest BCUT2D eigenvalue weighted by Crippen LogP contribution is 2.53. The predicted molar refractivity (Wildman–Crippen MR) is 130 cm³/mol. The molecule has 0 saturated heterocycles. The van der Waals surface area contributed by atoms with Gasteiger partial charge in [0.05, 0.1) is 10.3 Å². The molecule has 2 aromatic carbocycles. The summed E-state index contributed by atoms with van der Waals surface area (Å²) in [7, 11) is 0. The van der Waals surface area contributed by atoms with Crippen molar-refractivity contribution < 1.29 is 18.7 Å². The van der Waals surface area contributed by atoms with Gasteiger partial charge in [-0.2, -0.15) is 0 Å². The lowest BCUT2D eigenvalue weighted by atomic mass is 9.96. The number of aliphatic carboxylic acids is 1. The van der Waals surface area contributed by atoms with E-state index < -0.39 is 28.9 Å². The molecule has 0 fully saturated rings. The summed E-state index contributed by atoms with van der Waals surface area (Å²) in [5.41, 5.74) is 2.20. The van der Waals surface area contributed by atoms with Crippen LogP contribution in [0.4, 0.5) is 8.78 Å². The summed E-state index contributed by atoms with van der Waals surface area (Å²) in [6, 6.07) is 13.3. The second-order valence-corrected chi connectivity index (χ2v) is 9.71. The molecule has 0 spiro atoms. The highest BCUT2D eigenvalue weighted by molar-refractivity contribution is 7.99. The molecule has 178 valence electrons. The van der Waals surface area contributed by atoms with Gasteiger partial charge in [0.25, 0.3) is 5.56 Å². The Labute approximate surface area is 201 Å². The van der Waals surface area contributed by atoms with Gasteiger partial charge in [-0.05, 0) is 41.7 Å². The number of rotatable bonds is 9. The molecule has 0 unspecified atom stereocenters. The summed E-state index contributed by atoms with van der Waals surface area (Å²) in [6.45, 7) is 2.14. The lowest BCUT2D eigenvalue weighted by molar-refractivity contribution is -0.141. The van der Waals surface area contributed by atoms with Gasteiger partial charge in [-0.25, -0.2) is 13.6 Å². The molecule has 3 aromatic rings. The molecular weight excluding hydrogens is 456 g/mol. The van der Waals surface area contributed by atoms with E-state index in [0.29, 0.717) is 22.6 Å². The smallest absolute Gasteiger partial charge is 0.328 e. The number of hydrogen-bond acceptors (Lipinski definition) is 3. The number of carboxylic acid groups (broad SMARTS) is 1. The van der Waals surface area contributed by atoms with Crippen LogP contribution in [0.2, 0.25) is 0 Å². The Bertz CT molecular complexity index is 1240. The molecule has 1 aromatic heterocycles. The highest BCUT2D eigenvalue weighted by atomic mass is 32.2. The number of hydrogen-bond donors (Lipinski definition) is 1. The number of unbranched alkanes of at least 4 members (excludes halogenated alkanes) is 4. The van der Waals surface area contributed by atoms with E-state index in [1.165, 1.54) is 28.5 Å². The van der Waals surface area contributed by atoms with Crippen LogP contribution < -0.4 is 5.56 Å². The summed E-state index contributed by atoms with van der Waals surface area (Å²) < 4.78 is 29.2. The number of fused-ring (bicyclic) bond motifs is 1. The first-order valence-electron chi connectivity index (χ1n) is 11.6. The minimum Gasteiger partial charge on any atom is -0.480 e. The quantitative estimate of drug-likeness (QED) is 0.341. The van der Waals surface area contributed by atoms with Gasteiger partial charge in [0.2, 0.25) is 0 Å². The monoisotopic (exact) mass is 483 g/mol. The van der Waals surface area contributed by atoms with Gasteiger partial charge in [0.1, 0.15) is 0 Å². The average Bonchev–Trinajstić information content (AvgIpc) is 3.23. The molecule has 7 heteroatoms. The first-order valence-corrected chi connectivity index (χ1v) is 12.5. The molecule has 4 nitrogen and oxygen atoms in total. The molecule has 1 aliphatic rings. The minimum absolute atomic E-state index is 0.386. The molecule has 0 saturated carbocycles. The number of carboxylic acids is 1. The van der Waals surface area contributed by atoms with E-state index in [9.17, 15) is 23.5 Å². The minimum atomic E-state index is -1.11. The van der Waals surface area contributed by atoms with Crippen LogP contribution in [0.3, 0.4) is 0 Å². The molecular formula is C27H27F2NO3S. The second kappa shape index (κ2) is 10.6. The van der Waals surface area contributed by atoms with Crippen LogP contribution in [0.1, 0.15) is 61.4 Å². The largest absolute Gasteiger partial charge is 0.480 e. The van der Waals surface area contributed by atoms with Crippen LogP contribution in [-0.4, -0.2) is 15.6 Å². The molecule has 0 amide bonds. The molecule has 0 bridgehead atoms. The van der Waals surface area contributed by atoms with E-state index in [4.69, 9.17) is 0 Å². The van der Waals surface area contributed by atoms with Crippen molar-refractivity contribution in [1.82, 2.24) is 4.57 Å². The molecule has 2 atom stereocenters. The third-order valence-electron chi connectivity index (χ3n) is 6.23. The van der Waals surface area contributed by atoms with E-state index in [1.54, 1.807) is 0 Å². The zero-order valence-corrected chi connectivity index (χ0v) is 19.8. The van der Waals surface area contributed by atoms with Crippen molar-refractivity contribution in [2.75, 3.05) is 0 Å². The van der Waals surface area contributed by atoms with Crippen molar-refractivity contribution in [3.05, 3.63) is 87.7 Å². The Morgan fingerprint density at radius 3 is 2.41 bits per heavy atom. The second-order valence-electron chi connectivity index (χ2n) is 8.58. The van der Waals surface area contributed by atoms with Crippen LogP contribution in [0, 0.1) is 11.6 Å². The van der Waals surface area contributed by atoms with E-state index in [2.05, 4.69) is 6.92 Å². The van der Waals surface area contributed by atoms with Crippen molar-refractivity contribution in [2.45, 2.75) is 61.8 Å². The van der Waals surface area contributed by atoms with Gasteiger partial charge in [-0.15, -0.1) is 0 Å². The number of pyridine rings is 1. The number of halogens is 2. The molecule has 0 aliphatic carbocycles. The highest BCUT2D eigenvalue weighted by Gasteiger charge is 2.42. The van der Waals surface area contributed by atoms with Gasteiger partial charge in [-0.1, -0.05) is 80.8 Å². The maximum Gasteiger partial charge on any atom is 0.328 e. The van der Waals surface area contributed by atoms with Gasteiger partial charge < -0.3 is 5.11 Å². The van der Waals surface area contributed by atoms with Crippen LogP contribution in [0.5, 0.6) is 0 Å². The van der Waals surface area contributed by atoms with E-state index in [0.717, 1.165) is 55.4 Å². The lowest BCUT2D eigenvalue weighted by Gasteiger charge is -2.18. The number of thioether (sulfide) groups is 1. The molecule has 0 radical (unpaired) electrons. The first kappa shape index (κ1) is 24.2. The Morgan fingerprint density at radius 1 is 1.00 bits per heavy atom. The Hall–Kier alpha value is -2.93. The fraction of sp³-hybridized carbons (Fsp3) is 0.333. The summed E-state index contributed by atoms with van der Waals surface area (Å²) in [5, 5.41) is 10.0. The maximum absolute atomic E-state index is 14.2. The average molecular weight is 484 g/mol. The zero-order chi connectivity index (χ0) is 24.2. The molecule has 4 rings (SSSR count). The lowest BCUT2D eigenvalue weighted by Crippen LogP contribution is -2.30. The van der Waals surface area contributed by atoms with Crippen molar-refractivity contribution >= 4 is 17.7 Å².